The first-order chi connectivity index (χ1) is 13.7. The van der Waals surface area contributed by atoms with Gasteiger partial charge in [0.2, 0.25) is 8.32 Å². The van der Waals surface area contributed by atoms with Crippen molar-refractivity contribution in [3.63, 3.8) is 0 Å². The first-order valence-corrected chi connectivity index (χ1v) is 13.0. The van der Waals surface area contributed by atoms with Gasteiger partial charge in [-0.25, -0.2) is 4.79 Å². The standard InChI is InChI=1S/C23H34N2O4Si/c1-22(2,3)28-21(27)25-19-10-9-17(29-30(7,8)23(4,5)6)15-18(19)20(26)16-11-13-24-14-12-16/h9-15,20,26H,1-8H3,(H,25,27). The Kier molecular flexibility index (Phi) is 6.99. The van der Waals surface area contributed by atoms with E-state index in [1.807, 2.05) is 6.07 Å². The number of nitrogens with one attached hydrogen (secondary N) is 1. The molecule has 7 heteroatoms. The summed E-state index contributed by atoms with van der Waals surface area (Å²) in [4.78, 5) is 16.3. The van der Waals surface area contributed by atoms with Crippen molar-refractivity contribution in [3.05, 3.63) is 53.9 Å². The maximum Gasteiger partial charge on any atom is 0.412 e. The molecule has 164 valence electrons. The highest BCUT2D eigenvalue weighted by atomic mass is 28.4. The van der Waals surface area contributed by atoms with Crippen LogP contribution in [-0.4, -0.2) is 30.1 Å². The van der Waals surface area contributed by atoms with Crippen LogP contribution >= 0.6 is 0 Å². The largest absolute Gasteiger partial charge is 0.543 e. The lowest BCUT2D eigenvalue weighted by Gasteiger charge is -2.36. The van der Waals surface area contributed by atoms with Crippen LogP contribution in [0.1, 0.15) is 58.8 Å². The molecule has 1 heterocycles. The zero-order valence-corrected chi connectivity index (χ0v) is 20.2. The summed E-state index contributed by atoms with van der Waals surface area (Å²) in [5.74, 6) is 0.666. The molecular formula is C23H34N2O4Si. The number of aliphatic hydroxyl groups is 1. The minimum atomic E-state index is -2.07. The van der Waals surface area contributed by atoms with Crippen LogP contribution in [0, 0.1) is 0 Å². The van der Waals surface area contributed by atoms with Crippen LogP contribution in [0.25, 0.3) is 0 Å². The van der Waals surface area contributed by atoms with Gasteiger partial charge >= 0.3 is 6.09 Å². The number of nitrogens with zero attached hydrogens (tertiary/aromatic N) is 1. The second-order valence-corrected chi connectivity index (χ2v) is 14.6. The average molecular weight is 431 g/mol. The van der Waals surface area contributed by atoms with Gasteiger partial charge in [0, 0.05) is 18.0 Å². The van der Waals surface area contributed by atoms with E-state index in [1.165, 1.54) is 0 Å². The Morgan fingerprint density at radius 3 is 2.20 bits per heavy atom. The molecule has 2 N–H and O–H groups in total. The molecule has 0 saturated heterocycles. The van der Waals surface area contributed by atoms with E-state index in [1.54, 1.807) is 57.4 Å². The topological polar surface area (TPSA) is 80.7 Å². The molecule has 0 aliphatic carbocycles. The van der Waals surface area contributed by atoms with Crippen molar-refractivity contribution in [2.45, 2.75) is 71.4 Å². The van der Waals surface area contributed by atoms with Crippen molar-refractivity contribution < 1.29 is 19.1 Å². The third-order valence-corrected chi connectivity index (χ3v) is 9.51. The van der Waals surface area contributed by atoms with Gasteiger partial charge in [0.1, 0.15) is 17.5 Å². The van der Waals surface area contributed by atoms with Gasteiger partial charge in [-0.2, -0.15) is 0 Å². The fraction of sp³-hybridized carbons (Fsp3) is 0.478. The zero-order valence-electron chi connectivity index (χ0n) is 19.2. The van der Waals surface area contributed by atoms with Crippen LogP contribution in [-0.2, 0) is 4.74 Å². The third kappa shape index (κ3) is 6.31. The molecular weight excluding hydrogens is 396 g/mol. The smallest absolute Gasteiger partial charge is 0.412 e. The minimum absolute atomic E-state index is 0.0321. The summed E-state index contributed by atoms with van der Waals surface area (Å²) < 4.78 is 11.8. The van der Waals surface area contributed by atoms with Crippen molar-refractivity contribution in [3.8, 4) is 5.75 Å². The summed E-state index contributed by atoms with van der Waals surface area (Å²) >= 11 is 0. The molecule has 30 heavy (non-hydrogen) atoms. The third-order valence-electron chi connectivity index (χ3n) is 5.15. The highest BCUT2D eigenvalue weighted by Gasteiger charge is 2.39. The minimum Gasteiger partial charge on any atom is -0.543 e. The Morgan fingerprint density at radius 2 is 1.67 bits per heavy atom. The van der Waals surface area contributed by atoms with E-state index in [-0.39, 0.29) is 5.04 Å². The highest BCUT2D eigenvalue weighted by molar-refractivity contribution is 6.74. The zero-order chi connectivity index (χ0) is 22.7. The number of hydrogen-bond acceptors (Lipinski definition) is 5. The van der Waals surface area contributed by atoms with Gasteiger partial charge in [-0.15, -0.1) is 0 Å². The molecule has 1 unspecified atom stereocenters. The molecule has 0 aliphatic rings. The van der Waals surface area contributed by atoms with Gasteiger partial charge in [-0.1, -0.05) is 20.8 Å². The Morgan fingerprint density at radius 1 is 1.07 bits per heavy atom. The molecule has 2 aromatic rings. The van der Waals surface area contributed by atoms with E-state index in [4.69, 9.17) is 9.16 Å². The lowest BCUT2D eigenvalue weighted by atomic mass is 10.0. The number of ether oxygens (including phenoxy) is 1. The molecule has 1 atom stereocenters. The molecule has 2 rings (SSSR count). The second-order valence-electron chi connectivity index (χ2n) is 9.92. The fourth-order valence-electron chi connectivity index (χ4n) is 2.53. The van der Waals surface area contributed by atoms with Crippen LogP contribution in [0.3, 0.4) is 0 Å². The Balaban J connectivity index is 2.43. The van der Waals surface area contributed by atoms with Gasteiger partial charge in [0.05, 0.1) is 5.69 Å². The van der Waals surface area contributed by atoms with Gasteiger partial charge in [-0.05, 0) is 74.8 Å². The van der Waals surface area contributed by atoms with Crippen molar-refractivity contribution in [1.29, 1.82) is 0 Å². The van der Waals surface area contributed by atoms with Crippen molar-refractivity contribution in [2.24, 2.45) is 0 Å². The molecule has 1 aromatic carbocycles. The van der Waals surface area contributed by atoms with Gasteiger partial charge < -0.3 is 14.3 Å². The number of anilines is 1. The van der Waals surface area contributed by atoms with E-state index in [2.05, 4.69) is 44.2 Å². The predicted octanol–water partition coefficient (Wildman–Crippen LogP) is 5.89. The molecule has 6 nitrogen and oxygen atoms in total. The summed E-state index contributed by atoms with van der Waals surface area (Å²) in [5.41, 5.74) is 1.04. The SMILES string of the molecule is CC(C)(C)OC(=O)Nc1ccc(O[Si](C)(C)C(C)(C)C)cc1C(O)c1ccncc1. The molecule has 0 spiro atoms. The molecule has 0 bridgehead atoms. The van der Waals surface area contributed by atoms with E-state index in [9.17, 15) is 9.90 Å². The average Bonchev–Trinajstić information content (AvgIpc) is 2.60. The molecule has 0 fully saturated rings. The van der Waals surface area contributed by atoms with Crippen LogP contribution in [0.15, 0.2) is 42.7 Å². The number of aromatic nitrogens is 1. The lowest BCUT2D eigenvalue weighted by Crippen LogP contribution is -2.43. The first-order valence-electron chi connectivity index (χ1n) is 10.1. The summed E-state index contributed by atoms with van der Waals surface area (Å²) in [6.45, 7) is 16.2. The number of amides is 1. The molecule has 0 radical (unpaired) electrons. The van der Waals surface area contributed by atoms with E-state index in [0.29, 0.717) is 22.6 Å². The summed E-state index contributed by atoms with van der Waals surface area (Å²) in [7, 11) is -2.07. The monoisotopic (exact) mass is 430 g/mol. The highest BCUT2D eigenvalue weighted by Crippen LogP contribution is 2.39. The molecule has 0 saturated carbocycles. The maximum absolute atomic E-state index is 12.3. The number of aliphatic hydroxyl groups excluding tert-OH is 1. The number of benzene rings is 1. The summed E-state index contributed by atoms with van der Waals surface area (Å²) in [6, 6.07) is 8.83. The van der Waals surface area contributed by atoms with Crippen molar-refractivity contribution in [2.75, 3.05) is 5.32 Å². The predicted molar refractivity (Wildman–Crippen MR) is 122 cm³/mol. The number of rotatable bonds is 5. The lowest BCUT2D eigenvalue weighted by molar-refractivity contribution is 0.0635. The normalized spacial score (nSPS) is 13.5. The first kappa shape index (κ1) is 23.9. The van der Waals surface area contributed by atoms with E-state index in [0.717, 1.165) is 0 Å². The van der Waals surface area contributed by atoms with Crippen LogP contribution < -0.4 is 9.74 Å². The second kappa shape index (κ2) is 8.77. The van der Waals surface area contributed by atoms with Crippen LogP contribution in [0.2, 0.25) is 18.1 Å². The van der Waals surface area contributed by atoms with Gasteiger partial charge in [0.25, 0.3) is 0 Å². The number of carbonyl (C=O) groups excluding carboxylic acids is 1. The van der Waals surface area contributed by atoms with Crippen LogP contribution in [0.5, 0.6) is 5.75 Å². The number of carbonyl (C=O) groups is 1. The van der Waals surface area contributed by atoms with Gasteiger partial charge in [-0.3, -0.25) is 10.3 Å². The quantitative estimate of drug-likeness (QED) is 0.578. The van der Waals surface area contributed by atoms with Crippen LogP contribution in [0.4, 0.5) is 10.5 Å². The molecule has 0 aliphatic heterocycles. The Hall–Kier alpha value is -2.38. The fourth-order valence-corrected chi connectivity index (χ4v) is 3.55. The Labute approximate surface area is 180 Å². The maximum atomic E-state index is 12.3. The van der Waals surface area contributed by atoms with Crippen molar-refractivity contribution >= 4 is 20.1 Å². The Bertz CT molecular complexity index is 871. The number of hydrogen-bond donors (Lipinski definition) is 2. The van der Waals surface area contributed by atoms with Gasteiger partial charge in [0.15, 0.2) is 0 Å². The number of pyridine rings is 1. The van der Waals surface area contributed by atoms with E-state index >= 15 is 0 Å². The van der Waals surface area contributed by atoms with E-state index < -0.39 is 26.1 Å². The van der Waals surface area contributed by atoms with Crippen molar-refractivity contribution in [1.82, 2.24) is 4.98 Å². The summed E-state index contributed by atoms with van der Waals surface area (Å²) in [6.07, 6.45) is 1.70. The molecule has 1 amide bonds. The summed E-state index contributed by atoms with van der Waals surface area (Å²) in [5, 5.41) is 13.8. The molecule has 1 aromatic heterocycles.